The van der Waals surface area contributed by atoms with Gasteiger partial charge >= 0.3 is 20.3 Å². The highest BCUT2D eigenvalue weighted by Crippen LogP contribution is 2.43. The van der Waals surface area contributed by atoms with Crippen molar-refractivity contribution in [2.75, 3.05) is 6.61 Å². The van der Waals surface area contributed by atoms with Crippen LogP contribution in [0.5, 0.6) is 0 Å². The zero-order valence-corrected chi connectivity index (χ0v) is 8.05. The Morgan fingerprint density at radius 2 is 2.50 bits per heavy atom. The van der Waals surface area contributed by atoms with Gasteiger partial charge in [-0.3, -0.25) is 4.52 Å². The fourth-order valence-electron chi connectivity index (χ4n) is 0.429. The molecule has 0 bridgehead atoms. The van der Waals surface area contributed by atoms with E-state index < -0.39 is 20.3 Å². The molecule has 0 spiro atoms. The van der Waals surface area contributed by atoms with Crippen LogP contribution in [0.3, 0.4) is 0 Å². The summed E-state index contributed by atoms with van der Waals surface area (Å²) in [6.07, 6.45) is 0.736. The average molecular weight is 227 g/mol. The Balaban J connectivity index is 4.03. The Morgan fingerprint density at radius 3 is 3.00 bits per heavy atom. The van der Waals surface area contributed by atoms with E-state index in [-0.39, 0.29) is 13.5 Å². The second kappa shape index (κ2) is 5.90. The second-order valence-corrected chi connectivity index (χ2v) is 3.26. The quantitative estimate of drug-likeness (QED) is 0.288. The van der Waals surface area contributed by atoms with Crippen LogP contribution < -0.4 is 0 Å². The number of aliphatic hydroxyl groups is 1. The number of hydrogen-bond donors (Lipinski definition) is 2. The van der Waals surface area contributed by atoms with Crippen molar-refractivity contribution >= 4 is 13.8 Å². The molecule has 0 aliphatic carbocycles. The van der Waals surface area contributed by atoms with E-state index >= 15 is 0 Å². The highest BCUT2D eigenvalue weighted by atomic mass is 31.2. The van der Waals surface area contributed by atoms with Gasteiger partial charge in [-0.2, -0.15) is 0 Å². The lowest BCUT2D eigenvalue weighted by molar-refractivity contribution is -0.218. The SMILES string of the molecule is [2H]CCOP(=O)(O)OC(O)OC(=O)C=C. The number of carbonyl (C=O) groups is 1. The van der Waals surface area contributed by atoms with Crippen LogP contribution in [-0.2, 0) is 23.1 Å². The van der Waals surface area contributed by atoms with E-state index in [2.05, 4.69) is 20.4 Å². The molecule has 8 heteroatoms. The summed E-state index contributed by atoms with van der Waals surface area (Å²) in [6, 6.07) is 0. The van der Waals surface area contributed by atoms with Gasteiger partial charge in [-0.15, -0.1) is 0 Å². The summed E-state index contributed by atoms with van der Waals surface area (Å²) in [5.41, 5.74) is 0. The van der Waals surface area contributed by atoms with E-state index in [1.54, 1.807) is 0 Å². The molecule has 14 heavy (non-hydrogen) atoms. The molecule has 2 unspecified atom stereocenters. The molecule has 0 aliphatic rings. The fourth-order valence-corrected chi connectivity index (χ4v) is 0.991. The van der Waals surface area contributed by atoms with Crippen molar-refractivity contribution in [2.45, 2.75) is 13.4 Å². The average Bonchev–Trinajstić information content (AvgIpc) is 2.13. The van der Waals surface area contributed by atoms with Gasteiger partial charge in [-0.05, 0) is 6.90 Å². The van der Waals surface area contributed by atoms with Crippen molar-refractivity contribution in [1.82, 2.24) is 0 Å². The van der Waals surface area contributed by atoms with Crippen molar-refractivity contribution in [3.8, 4) is 0 Å². The van der Waals surface area contributed by atoms with Gasteiger partial charge in [0.2, 0.25) is 0 Å². The number of phosphoric ester groups is 1. The van der Waals surface area contributed by atoms with E-state index in [1.165, 1.54) is 0 Å². The predicted octanol–water partition coefficient (Wildman–Crippen LogP) is 0.145. The molecule has 2 atom stereocenters. The van der Waals surface area contributed by atoms with Gasteiger partial charge in [0, 0.05) is 7.45 Å². The Kier molecular flexibility index (Phi) is 4.78. The minimum Gasteiger partial charge on any atom is -0.407 e. The molecular formula is C6H11O7P. The van der Waals surface area contributed by atoms with Gasteiger partial charge in [0.05, 0.1) is 6.61 Å². The van der Waals surface area contributed by atoms with Crippen LogP contribution >= 0.6 is 7.82 Å². The maximum absolute atomic E-state index is 10.9. The summed E-state index contributed by atoms with van der Waals surface area (Å²) in [5.74, 6) is -1.03. The van der Waals surface area contributed by atoms with Crippen molar-refractivity contribution in [1.29, 1.82) is 0 Å². The molecule has 0 saturated carbocycles. The molecule has 0 rings (SSSR count). The maximum Gasteiger partial charge on any atom is 0.477 e. The first-order chi connectivity index (χ1) is 6.91. The van der Waals surface area contributed by atoms with Gasteiger partial charge in [-0.25, -0.2) is 13.9 Å². The number of carbonyl (C=O) groups excluding carboxylic acids is 1. The lowest BCUT2D eigenvalue weighted by Crippen LogP contribution is -2.18. The highest BCUT2D eigenvalue weighted by molar-refractivity contribution is 7.47. The summed E-state index contributed by atoms with van der Waals surface area (Å²) in [7, 11) is -4.51. The van der Waals surface area contributed by atoms with Gasteiger partial charge < -0.3 is 14.7 Å². The predicted molar refractivity (Wildman–Crippen MR) is 44.8 cm³/mol. The Hall–Kier alpha value is -0.720. The molecule has 0 aromatic carbocycles. The fraction of sp³-hybridized carbons (Fsp3) is 0.500. The first-order valence-corrected chi connectivity index (χ1v) is 4.87. The number of phosphoric acid groups is 1. The molecule has 0 aromatic rings. The van der Waals surface area contributed by atoms with E-state index in [0.717, 1.165) is 6.08 Å². The monoisotopic (exact) mass is 227 g/mol. The number of rotatable bonds is 6. The molecule has 0 aromatic heterocycles. The maximum atomic E-state index is 10.9. The van der Waals surface area contributed by atoms with Crippen LogP contribution in [0.4, 0.5) is 0 Å². The van der Waals surface area contributed by atoms with Crippen LogP contribution in [0.2, 0.25) is 0 Å². The van der Waals surface area contributed by atoms with Crippen LogP contribution in [0.25, 0.3) is 0 Å². The number of hydrogen-bond acceptors (Lipinski definition) is 6. The third-order valence-corrected chi connectivity index (χ3v) is 1.82. The summed E-state index contributed by atoms with van der Waals surface area (Å²) >= 11 is 0. The second-order valence-electron chi connectivity index (χ2n) is 1.86. The van der Waals surface area contributed by atoms with Crippen molar-refractivity contribution < 1.29 is 34.5 Å². The smallest absolute Gasteiger partial charge is 0.407 e. The molecule has 0 radical (unpaired) electrons. The minimum atomic E-state index is -4.51. The lowest BCUT2D eigenvalue weighted by Gasteiger charge is -2.14. The third kappa shape index (κ3) is 5.85. The molecule has 0 fully saturated rings. The third-order valence-electron chi connectivity index (χ3n) is 0.861. The molecule has 0 amide bonds. The van der Waals surface area contributed by atoms with Gasteiger partial charge in [0.1, 0.15) is 0 Å². The minimum absolute atomic E-state index is 0.254. The largest absolute Gasteiger partial charge is 0.477 e. The topological polar surface area (TPSA) is 102 Å². The summed E-state index contributed by atoms with van der Waals surface area (Å²) in [5, 5.41) is 8.81. The van der Waals surface area contributed by atoms with Gasteiger partial charge in [-0.1, -0.05) is 6.58 Å². The zero-order valence-electron chi connectivity index (χ0n) is 8.16. The zero-order chi connectivity index (χ0) is 11.9. The highest BCUT2D eigenvalue weighted by Gasteiger charge is 2.26. The van der Waals surface area contributed by atoms with E-state index in [0.29, 0.717) is 0 Å². The summed E-state index contributed by atoms with van der Waals surface area (Å²) in [6.45, 7) is 0.201. The number of esters is 1. The number of aliphatic hydroxyl groups excluding tert-OH is 1. The molecular weight excluding hydrogens is 215 g/mol. The van der Waals surface area contributed by atoms with E-state index in [1.807, 2.05) is 0 Å². The van der Waals surface area contributed by atoms with Gasteiger partial charge in [0.15, 0.2) is 0 Å². The van der Waals surface area contributed by atoms with Gasteiger partial charge in [0.25, 0.3) is 0 Å². The Morgan fingerprint density at radius 1 is 1.86 bits per heavy atom. The van der Waals surface area contributed by atoms with Crippen LogP contribution in [0.15, 0.2) is 12.7 Å². The first kappa shape index (κ1) is 11.4. The molecule has 0 saturated heterocycles. The summed E-state index contributed by atoms with van der Waals surface area (Å²) < 4.78 is 29.7. The molecule has 7 nitrogen and oxygen atoms in total. The Labute approximate surface area is 81.9 Å². The normalized spacial score (nSPS) is 17.7. The van der Waals surface area contributed by atoms with Crippen molar-refractivity contribution in [2.24, 2.45) is 0 Å². The number of ether oxygens (including phenoxy) is 1. The Bertz CT molecular complexity index is 268. The molecule has 0 aliphatic heterocycles. The summed E-state index contributed by atoms with van der Waals surface area (Å²) in [4.78, 5) is 19.4. The van der Waals surface area contributed by atoms with Crippen LogP contribution in [0, 0.1) is 0 Å². The van der Waals surface area contributed by atoms with Crippen molar-refractivity contribution in [3.63, 3.8) is 0 Å². The molecule has 2 N–H and O–H groups in total. The molecule has 82 valence electrons. The first-order valence-electron chi connectivity index (χ1n) is 4.08. The van der Waals surface area contributed by atoms with E-state index in [4.69, 9.17) is 11.4 Å². The standard InChI is InChI=1S/C6H11O7P/c1-3-5(7)12-6(8)13-14(9,10)11-4-2/h3,6,8H,1,4H2,2H3,(H,9,10)/i2D. The van der Waals surface area contributed by atoms with Crippen LogP contribution in [-0.4, -0.2) is 29.1 Å². The van der Waals surface area contributed by atoms with Crippen LogP contribution in [0.1, 0.15) is 8.27 Å². The van der Waals surface area contributed by atoms with E-state index in [9.17, 15) is 9.36 Å². The van der Waals surface area contributed by atoms with Crippen molar-refractivity contribution in [3.05, 3.63) is 12.7 Å². The lowest BCUT2D eigenvalue weighted by atomic mass is 10.7. The molecule has 0 heterocycles.